The molecule has 0 atom stereocenters. The van der Waals surface area contributed by atoms with Gasteiger partial charge in [0.1, 0.15) is 0 Å². The van der Waals surface area contributed by atoms with Crippen molar-refractivity contribution < 1.29 is 0 Å². The molecule has 0 aromatic carbocycles. The van der Waals surface area contributed by atoms with E-state index in [1.54, 1.807) is 0 Å². The molecule has 1 N–H and O–H groups in total. The van der Waals surface area contributed by atoms with Crippen LogP contribution in [0.2, 0.25) is 5.15 Å². The zero-order valence-electron chi connectivity index (χ0n) is 7.60. The van der Waals surface area contributed by atoms with Crippen molar-refractivity contribution in [3.05, 3.63) is 15.6 Å². The van der Waals surface area contributed by atoms with Crippen LogP contribution >= 0.6 is 35.1 Å². The molecule has 9 heteroatoms. The summed E-state index contributed by atoms with van der Waals surface area (Å²) in [5.41, 5.74) is -0.237. The van der Waals surface area contributed by atoms with Gasteiger partial charge in [0, 0.05) is 6.54 Å². The van der Waals surface area contributed by atoms with Crippen LogP contribution in [0.25, 0.3) is 0 Å². The first-order valence-corrected chi connectivity index (χ1v) is 5.96. The Labute approximate surface area is 98.0 Å². The molecule has 0 saturated heterocycles. The van der Waals surface area contributed by atoms with Gasteiger partial charge >= 0.3 is 5.69 Å². The van der Waals surface area contributed by atoms with Gasteiger partial charge in [0.25, 0.3) is 0 Å². The number of hydrogen-bond donors (Lipinski definition) is 1. The zero-order valence-corrected chi connectivity index (χ0v) is 9.99. The highest BCUT2D eigenvalue weighted by atomic mass is 35.5. The molecule has 0 amide bonds. The Kier molecular flexibility index (Phi) is 3.08. The van der Waals surface area contributed by atoms with Crippen LogP contribution in [0.15, 0.2) is 15.0 Å². The Morgan fingerprint density at radius 2 is 2.40 bits per heavy atom. The van der Waals surface area contributed by atoms with E-state index in [9.17, 15) is 4.79 Å². The van der Waals surface area contributed by atoms with Gasteiger partial charge in [0.15, 0.2) is 15.3 Å². The van der Waals surface area contributed by atoms with Gasteiger partial charge in [-0.25, -0.2) is 9.89 Å². The maximum absolute atomic E-state index is 11.2. The summed E-state index contributed by atoms with van der Waals surface area (Å²) in [5.74, 6) is 0. The predicted octanol–water partition coefficient (Wildman–Crippen LogP) is 1.25. The predicted molar refractivity (Wildman–Crippen MR) is 57.6 cm³/mol. The third-order valence-electron chi connectivity index (χ3n) is 1.65. The summed E-state index contributed by atoms with van der Waals surface area (Å²) >= 11 is 8.03. The van der Waals surface area contributed by atoms with E-state index in [-0.39, 0.29) is 5.69 Å². The maximum Gasteiger partial charge on any atom is 0.343 e. The average Bonchev–Trinajstić information content (AvgIpc) is 2.76. The number of H-pyrrole nitrogens is 1. The van der Waals surface area contributed by atoms with Crippen molar-refractivity contribution in [1.82, 2.24) is 23.5 Å². The van der Waals surface area contributed by atoms with Gasteiger partial charge in [-0.1, -0.05) is 11.6 Å². The minimum absolute atomic E-state index is 0.237. The maximum atomic E-state index is 11.2. The Hall–Kier alpha value is -0.860. The molecule has 2 heterocycles. The molecule has 15 heavy (non-hydrogen) atoms. The Morgan fingerprint density at radius 1 is 1.60 bits per heavy atom. The second-order valence-corrected chi connectivity index (χ2v) is 4.36. The van der Waals surface area contributed by atoms with E-state index in [0.29, 0.717) is 21.9 Å². The highest BCUT2D eigenvalue weighted by Crippen LogP contribution is 2.29. The number of rotatable bonds is 3. The molecule has 0 fully saturated rings. The van der Waals surface area contributed by atoms with E-state index in [4.69, 9.17) is 11.6 Å². The molecule has 6 nitrogen and oxygen atoms in total. The molecule has 2 rings (SSSR count). The standard InChI is InChI=1S/C6H6ClN5OS2/c1-2-12-5(13)8-9-6(12)14-4-3(7)10-15-11-4/h2H2,1H3,(H,8,13). The third-order valence-corrected chi connectivity index (χ3v) is 3.74. The Balaban J connectivity index is 2.32. The number of halogens is 1. The van der Waals surface area contributed by atoms with E-state index in [2.05, 4.69) is 18.9 Å². The molecule has 0 aliphatic carbocycles. The van der Waals surface area contributed by atoms with Crippen LogP contribution in [0.5, 0.6) is 0 Å². The number of nitrogens with zero attached hydrogens (tertiary/aromatic N) is 4. The fourth-order valence-electron chi connectivity index (χ4n) is 0.977. The Morgan fingerprint density at radius 3 is 3.00 bits per heavy atom. The third kappa shape index (κ3) is 2.06. The SMILES string of the molecule is CCn1c(Sc2nsnc2Cl)n[nH]c1=O. The Bertz CT molecular complexity index is 518. The summed E-state index contributed by atoms with van der Waals surface area (Å²) in [7, 11) is 0. The van der Waals surface area contributed by atoms with E-state index in [1.165, 1.54) is 16.3 Å². The topological polar surface area (TPSA) is 76.5 Å². The summed E-state index contributed by atoms with van der Waals surface area (Å²) < 4.78 is 9.31. The first-order valence-electron chi connectivity index (χ1n) is 4.03. The van der Waals surface area contributed by atoms with Crippen LogP contribution in [-0.4, -0.2) is 23.5 Å². The van der Waals surface area contributed by atoms with E-state index < -0.39 is 0 Å². The van der Waals surface area contributed by atoms with Crippen molar-refractivity contribution in [2.75, 3.05) is 0 Å². The van der Waals surface area contributed by atoms with Crippen LogP contribution < -0.4 is 5.69 Å². The van der Waals surface area contributed by atoms with Gasteiger partial charge in [-0.15, -0.1) is 5.10 Å². The fourth-order valence-corrected chi connectivity index (χ4v) is 2.66. The van der Waals surface area contributed by atoms with Crippen LogP contribution in [0.1, 0.15) is 6.92 Å². The number of aromatic amines is 1. The van der Waals surface area contributed by atoms with Crippen LogP contribution in [-0.2, 0) is 6.54 Å². The number of nitrogens with one attached hydrogen (secondary N) is 1. The minimum atomic E-state index is -0.237. The first-order chi connectivity index (χ1) is 7.22. The van der Waals surface area contributed by atoms with Gasteiger partial charge in [0.05, 0.1) is 11.7 Å². The quantitative estimate of drug-likeness (QED) is 0.902. The molecule has 2 aromatic rings. The van der Waals surface area contributed by atoms with Crippen molar-refractivity contribution >= 4 is 35.1 Å². The minimum Gasteiger partial charge on any atom is -0.270 e. The summed E-state index contributed by atoms with van der Waals surface area (Å²) in [6.45, 7) is 2.41. The monoisotopic (exact) mass is 263 g/mol. The average molecular weight is 264 g/mol. The number of hydrogen-bond acceptors (Lipinski definition) is 6. The van der Waals surface area contributed by atoms with E-state index in [0.717, 1.165) is 11.7 Å². The van der Waals surface area contributed by atoms with Crippen molar-refractivity contribution in [3.63, 3.8) is 0 Å². The van der Waals surface area contributed by atoms with Gasteiger partial charge in [-0.3, -0.25) is 4.57 Å². The lowest BCUT2D eigenvalue weighted by molar-refractivity contribution is 0.660. The fraction of sp³-hybridized carbons (Fsp3) is 0.333. The first kappa shape index (κ1) is 10.7. The van der Waals surface area contributed by atoms with Crippen LogP contribution in [0.3, 0.4) is 0 Å². The van der Waals surface area contributed by atoms with Crippen molar-refractivity contribution in [2.24, 2.45) is 0 Å². The van der Waals surface area contributed by atoms with Crippen molar-refractivity contribution in [1.29, 1.82) is 0 Å². The zero-order chi connectivity index (χ0) is 10.8. The van der Waals surface area contributed by atoms with Gasteiger partial charge in [0.2, 0.25) is 0 Å². The largest absolute Gasteiger partial charge is 0.343 e. The molecule has 0 saturated carbocycles. The lowest BCUT2D eigenvalue weighted by Crippen LogP contribution is -2.15. The van der Waals surface area contributed by atoms with Crippen molar-refractivity contribution in [3.8, 4) is 0 Å². The molecule has 0 radical (unpaired) electrons. The summed E-state index contributed by atoms with van der Waals surface area (Å²) in [4.78, 5) is 11.2. The van der Waals surface area contributed by atoms with E-state index in [1.807, 2.05) is 6.92 Å². The van der Waals surface area contributed by atoms with Crippen LogP contribution in [0, 0.1) is 0 Å². The highest BCUT2D eigenvalue weighted by molar-refractivity contribution is 7.99. The second kappa shape index (κ2) is 4.33. The van der Waals surface area contributed by atoms with Gasteiger partial charge in [-0.2, -0.15) is 8.75 Å². The summed E-state index contributed by atoms with van der Waals surface area (Å²) in [6, 6.07) is 0. The molecule has 0 aliphatic rings. The molecule has 80 valence electrons. The van der Waals surface area contributed by atoms with Gasteiger partial charge < -0.3 is 0 Å². The van der Waals surface area contributed by atoms with Crippen molar-refractivity contribution in [2.45, 2.75) is 23.7 Å². The molecule has 2 aromatic heterocycles. The summed E-state index contributed by atoms with van der Waals surface area (Å²) in [5, 5.41) is 7.68. The second-order valence-electron chi connectivity index (χ2n) is 2.52. The normalized spacial score (nSPS) is 10.8. The molecule has 0 bridgehead atoms. The highest BCUT2D eigenvalue weighted by Gasteiger charge is 2.13. The summed E-state index contributed by atoms with van der Waals surface area (Å²) in [6.07, 6.45) is 0. The van der Waals surface area contributed by atoms with Gasteiger partial charge in [-0.05, 0) is 18.7 Å². The van der Waals surface area contributed by atoms with E-state index >= 15 is 0 Å². The molecule has 0 spiro atoms. The smallest absolute Gasteiger partial charge is 0.270 e. The van der Waals surface area contributed by atoms with Crippen LogP contribution in [0.4, 0.5) is 0 Å². The lowest BCUT2D eigenvalue weighted by atomic mass is 10.7. The molecular weight excluding hydrogens is 258 g/mol. The lowest BCUT2D eigenvalue weighted by Gasteiger charge is -1.98. The molecule has 0 aliphatic heterocycles. The number of aromatic nitrogens is 5. The molecule has 0 unspecified atom stereocenters. The molecular formula is C6H6ClN5OS2.